The van der Waals surface area contributed by atoms with Crippen molar-refractivity contribution in [1.82, 2.24) is 15.5 Å². The lowest BCUT2D eigenvalue weighted by Crippen LogP contribution is -2.41. The maximum Gasteiger partial charge on any atom is 0.191 e. The number of methoxy groups -OCH3 is 3. The number of ether oxygens (including phenoxy) is 3. The Balaban J connectivity index is 0.00000480. The van der Waals surface area contributed by atoms with Gasteiger partial charge in [-0.15, -0.1) is 24.0 Å². The molecule has 0 spiro atoms. The van der Waals surface area contributed by atoms with Crippen LogP contribution in [0.1, 0.15) is 22.7 Å². The molecule has 2 rings (SSSR count). The number of nitrogens with zero attached hydrogens (tertiary/aromatic N) is 2. The molecule has 7 nitrogen and oxygen atoms in total. The molecule has 0 aliphatic heterocycles. The fraction of sp³-hybridized carbons (Fsp3) is 0.435. The topological polar surface area (TPSA) is 67.4 Å². The second-order valence-corrected chi connectivity index (χ2v) is 7.22. The molecule has 31 heavy (non-hydrogen) atoms. The predicted octanol–water partition coefficient (Wildman–Crippen LogP) is 3.61. The first-order valence-electron chi connectivity index (χ1n) is 9.89. The van der Waals surface area contributed by atoms with Gasteiger partial charge in [-0.2, -0.15) is 0 Å². The van der Waals surface area contributed by atoms with Gasteiger partial charge in [-0.25, -0.2) is 0 Å². The Morgan fingerprint density at radius 3 is 2.19 bits per heavy atom. The van der Waals surface area contributed by atoms with Crippen LogP contribution in [-0.2, 0) is 6.54 Å². The monoisotopic (exact) mass is 542 g/mol. The first-order chi connectivity index (χ1) is 14.4. The molecular weight excluding hydrogens is 507 g/mol. The van der Waals surface area contributed by atoms with Gasteiger partial charge in [-0.3, -0.25) is 4.99 Å². The van der Waals surface area contributed by atoms with Crippen molar-refractivity contribution in [2.45, 2.75) is 19.5 Å². The molecule has 0 heterocycles. The maximum absolute atomic E-state index is 5.49. The van der Waals surface area contributed by atoms with Gasteiger partial charge >= 0.3 is 0 Å². The van der Waals surface area contributed by atoms with Crippen molar-refractivity contribution < 1.29 is 14.2 Å². The lowest BCUT2D eigenvalue weighted by molar-refractivity contribution is 0.295. The zero-order valence-corrected chi connectivity index (χ0v) is 21.8. The standard InChI is InChI=1S/C23H34N4O3.HI/c1-16-8-9-18(21(12-16)29-6)14-25-23(24-2)26-15-19(27(3)4)17-10-11-20(28-5)22(13-17)30-7;/h8-13,19H,14-15H2,1-7H3,(H2,24,25,26);1H. The molecule has 172 valence electrons. The highest BCUT2D eigenvalue weighted by atomic mass is 127. The molecule has 2 aromatic rings. The van der Waals surface area contributed by atoms with Crippen LogP contribution in [0.3, 0.4) is 0 Å². The zero-order chi connectivity index (χ0) is 22.1. The van der Waals surface area contributed by atoms with E-state index in [1.165, 1.54) is 5.56 Å². The molecule has 0 aliphatic carbocycles. The quantitative estimate of drug-likeness (QED) is 0.287. The lowest BCUT2D eigenvalue weighted by atomic mass is 10.1. The van der Waals surface area contributed by atoms with Gasteiger partial charge in [0.2, 0.25) is 0 Å². The van der Waals surface area contributed by atoms with E-state index in [4.69, 9.17) is 14.2 Å². The molecule has 0 saturated heterocycles. The highest BCUT2D eigenvalue weighted by molar-refractivity contribution is 14.0. The molecule has 0 radical (unpaired) electrons. The fourth-order valence-electron chi connectivity index (χ4n) is 3.25. The molecule has 0 fully saturated rings. The number of rotatable bonds is 9. The Hall–Kier alpha value is -2.20. The summed E-state index contributed by atoms with van der Waals surface area (Å²) in [6.07, 6.45) is 0. The Labute approximate surface area is 203 Å². The van der Waals surface area contributed by atoms with Crippen molar-refractivity contribution >= 4 is 29.9 Å². The number of benzene rings is 2. The summed E-state index contributed by atoms with van der Waals surface area (Å²) in [7, 11) is 10.8. The van der Waals surface area contributed by atoms with Crippen LogP contribution in [0.15, 0.2) is 41.4 Å². The first-order valence-corrected chi connectivity index (χ1v) is 9.89. The summed E-state index contributed by atoms with van der Waals surface area (Å²) in [6, 6.07) is 12.3. The summed E-state index contributed by atoms with van der Waals surface area (Å²) in [4.78, 5) is 6.51. The van der Waals surface area contributed by atoms with E-state index in [9.17, 15) is 0 Å². The number of aryl methyl sites for hydroxylation is 1. The molecule has 1 atom stereocenters. The molecule has 2 N–H and O–H groups in total. The van der Waals surface area contributed by atoms with Crippen molar-refractivity contribution in [1.29, 1.82) is 0 Å². The third-order valence-electron chi connectivity index (χ3n) is 4.99. The van der Waals surface area contributed by atoms with Crippen LogP contribution in [0.5, 0.6) is 17.2 Å². The number of hydrogen-bond donors (Lipinski definition) is 2. The Morgan fingerprint density at radius 2 is 1.61 bits per heavy atom. The van der Waals surface area contributed by atoms with E-state index < -0.39 is 0 Å². The van der Waals surface area contributed by atoms with Gasteiger partial charge in [0.15, 0.2) is 17.5 Å². The summed E-state index contributed by atoms with van der Waals surface area (Å²) in [5.41, 5.74) is 3.37. The SMILES string of the molecule is CN=C(NCc1ccc(C)cc1OC)NCC(c1ccc(OC)c(OC)c1)N(C)C.I. The van der Waals surface area contributed by atoms with Crippen LogP contribution >= 0.6 is 24.0 Å². The summed E-state index contributed by atoms with van der Waals surface area (Å²) < 4.78 is 16.3. The third kappa shape index (κ3) is 7.46. The van der Waals surface area contributed by atoms with Gasteiger partial charge in [0, 0.05) is 25.7 Å². The minimum absolute atomic E-state index is 0. The van der Waals surface area contributed by atoms with Crippen molar-refractivity contribution in [3.8, 4) is 17.2 Å². The van der Waals surface area contributed by atoms with Crippen LogP contribution in [0, 0.1) is 6.92 Å². The molecule has 0 aliphatic rings. The third-order valence-corrected chi connectivity index (χ3v) is 4.99. The average Bonchev–Trinajstić information content (AvgIpc) is 2.76. The minimum Gasteiger partial charge on any atom is -0.496 e. The Kier molecular flexibility index (Phi) is 11.5. The highest BCUT2D eigenvalue weighted by Crippen LogP contribution is 2.31. The van der Waals surface area contributed by atoms with Gasteiger partial charge < -0.3 is 29.7 Å². The van der Waals surface area contributed by atoms with Gasteiger partial charge in [0.25, 0.3) is 0 Å². The van der Waals surface area contributed by atoms with Gasteiger partial charge in [-0.05, 0) is 50.3 Å². The molecular formula is C23H35IN4O3. The molecule has 8 heteroatoms. The van der Waals surface area contributed by atoms with E-state index in [-0.39, 0.29) is 30.0 Å². The van der Waals surface area contributed by atoms with Gasteiger partial charge in [0.05, 0.1) is 27.4 Å². The number of halogens is 1. The fourth-order valence-corrected chi connectivity index (χ4v) is 3.25. The van der Waals surface area contributed by atoms with E-state index >= 15 is 0 Å². The maximum atomic E-state index is 5.49. The van der Waals surface area contributed by atoms with E-state index in [1.807, 2.05) is 18.2 Å². The second kappa shape index (κ2) is 13.3. The Bertz CT molecular complexity index is 859. The largest absolute Gasteiger partial charge is 0.496 e. The number of nitrogens with one attached hydrogen (secondary N) is 2. The minimum atomic E-state index is 0. The molecule has 0 bridgehead atoms. The molecule has 2 aromatic carbocycles. The second-order valence-electron chi connectivity index (χ2n) is 7.22. The lowest BCUT2D eigenvalue weighted by Gasteiger charge is -2.26. The van der Waals surface area contributed by atoms with Crippen molar-refractivity contribution in [3.05, 3.63) is 53.1 Å². The first kappa shape index (κ1) is 26.8. The van der Waals surface area contributed by atoms with E-state index in [2.05, 4.69) is 59.7 Å². The van der Waals surface area contributed by atoms with Crippen molar-refractivity contribution in [3.63, 3.8) is 0 Å². The van der Waals surface area contributed by atoms with Crippen LogP contribution in [0.2, 0.25) is 0 Å². The van der Waals surface area contributed by atoms with Crippen LogP contribution in [-0.4, -0.2) is 59.9 Å². The van der Waals surface area contributed by atoms with Crippen LogP contribution in [0.4, 0.5) is 0 Å². The molecule has 0 aromatic heterocycles. The molecule has 0 saturated carbocycles. The summed E-state index contributed by atoms with van der Waals surface area (Å²) in [5.74, 6) is 3.03. The van der Waals surface area contributed by atoms with E-state index in [0.717, 1.165) is 34.3 Å². The predicted molar refractivity (Wildman–Crippen MR) is 137 cm³/mol. The summed E-state index contributed by atoms with van der Waals surface area (Å²) in [6.45, 7) is 3.34. The normalized spacial score (nSPS) is 12.1. The van der Waals surface area contributed by atoms with Crippen LogP contribution < -0.4 is 24.8 Å². The average molecular weight is 542 g/mol. The van der Waals surface area contributed by atoms with Crippen molar-refractivity contribution in [2.75, 3.05) is 49.0 Å². The Morgan fingerprint density at radius 1 is 0.935 bits per heavy atom. The van der Waals surface area contributed by atoms with Crippen LogP contribution in [0.25, 0.3) is 0 Å². The number of likely N-dealkylation sites (N-methyl/N-ethyl adjacent to an activating group) is 1. The molecule has 1 unspecified atom stereocenters. The smallest absolute Gasteiger partial charge is 0.191 e. The van der Waals surface area contributed by atoms with Crippen molar-refractivity contribution in [2.24, 2.45) is 4.99 Å². The van der Waals surface area contributed by atoms with E-state index in [0.29, 0.717) is 13.1 Å². The van der Waals surface area contributed by atoms with E-state index in [1.54, 1.807) is 28.4 Å². The number of aliphatic imine (C=N–C) groups is 1. The zero-order valence-electron chi connectivity index (χ0n) is 19.5. The van der Waals surface area contributed by atoms with Gasteiger partial charge in [0.1, 0.15) is 5.75 Å². The number of guanidine groups is 1. The molecule has 0 amide bonds. The summed E-state index contributed by atoms with van der Waals surface area (Å²) in [5, 5.41) is 6.78. The highest BCUT2D eigenvalue weighted by Gasteiger charge is 2.17. The van der Waals surface area contributed by atoms with Gasteiger partial charge in [-0.1, -0.05) is 18.2 Å². The summed E-state index contributed by atoms with van der Waals surface area (Å²) >= 11 is 0. The number of hydrogen-bond acceptors (Lipinski definition) is 5.